The predicted octanol–water partition coefficient (Wildman–Crippen LogP) is 5.67. The molecule has 0 aliphatic carbocycles. The van der Waals surface area contributed by atoms with Crippen LogP contribution in [0, 0.1) is 0 Å². The molecule has 0 saturated heterocycles. The highest BCUT2D eigenvalue weighted by molar-refractivity contribution is 6.13. The van der Waals surface area contributed by atoms with Gasteiger partial charge in [0, 0.05) is 11.6 Å². The molecule has 0 radical (unpaired) electrons. The molecule has 0 aromatic heterocycles. The molecule has 0 bridgehead atoms. The molecule has 5 nitrogen and oxygen atoms in total. The zero-order chi connectivity index (χ0) is 20.9. The van der Waals surface area contributed by atoms with Gasteiger partial charge in [0.2, 0.25) is 0 Å². The molecule has 0 heterocycles. The highest BCUT2D eigenvalue weighted by Gasteiger charge is 2.17. The number of nitrogens with two attached hydrogens (primary N) is 2. The molecule has 4 N–H and O–H groups in total. The van der Waals surface area contributed by atoms with Crippen LogP contribution in [-0.2, 0) is 0 Å². The van der Waals surface area contributed by atoms with E-state index in [9.17, 15) is 4.79 Å². The maximum absolute atomic E-state index is 13.1. The van der Waals surface area contributed by atoms with E-state index in [-0.39, 0.29) is 22.7 Å². The molecular formula is C25H20N2O3. The first kappa shape index (κ1) is 19.1. The molecule has 30 heavy (non-hydrogen) atoms. The van der Waals surface area contributed by atoms with Crippen LogP contribution in [0.25, 0.3) is 0 Å². The van der Waals surface area contributed by atoms with Crippen molar-refractivity contribution in [1.82, 2.24) is 0 Å². The van der Waals surface area contributed by atoms with Crippen LogP contribution < -0.4 is 20.9 Å². The Labute approximate surface area is 174 Å². The van der Waals surface area contributed by atoms with E-state index >= 15 is 0 Å². The standard InChI is InChI=1S/C25H20N2O3/c26-23-16-21(30-19-9-5-2-6-10-19)15-22(24(23)27)25(28)17-11-13-20(14-12-17)29-18-7-3-1-4-8-18/h1-16H,26-27H2. The fraction of sp³-hybridized carbons (Fsp3) is 0. The third-order valence-electron chi connectivity index (χ3n) is 4.50. The first-order valence-corrected chi connectivity index (χ1v) is 9.40. The maximum Gasteiger partial charge on any atom is 0.195 e. The van der Waals surface area contributed by atoms with Crippen molar-refractivity contribution in [3.8, 4) is 23.0 Å². The van der Waals surface area contributed by atoms with Gasteiger partial charge in [0.1, 0.15) is 23.0 Å². The SMILES string of the molecule is Nc1cc(Oc2ccccc2)cc(C(=O)c2ccc(Oc3ccccc3)cc2)c1N. The second-order valence-corrected chi connectivity index (χ2v) is 6.66. The van der Waals surface area contributed by atoms with E-state index in [1.165, 1.54) is 0 Å². The summed E-state index contributed by atoms with van der Waals surface area (Å²) >= 11 is 0. The van der Waals surface area contributed by atoms with E-state index in [4.69, 9.17) is 20.9 Å². The Bertz CT molecular complexity index is 1160. The molecular weight excluding hydrogens is 376 g/mol. The molecule has 4 aromatic carbocycles. The second kappa shape index (κ2) is 8.41. The second-order valence-electron chi connectivity index (χ2n) is 6.66. The van der Waals surface area contributed by atoms with Gasteiger partial charge in [-0.1, -0.05) is 36.4 Å². The predicted molar refractivity (Wildman–Crippen MR) is 118 cm³/mol. The van der Waals surface area contributed by atoms with Gasteiger partial charge in [-0.25, -0.2) is 0 Å². The minimum atomic E-state index is -0.246. The van der Waals surface area contributed by atoms with Crippen molar-refractivity contribution in [3.05, 3.63) is 108 Å². The summed E-state index contributed by atoms with van der Waals surface area (Å²) in [6, 6.07) is 28.8. The summed E-state index contributed by atoms with van der Waals surface area (Å²) in [5.74, 6) is 2.19. The molecule has 5 heteroatoms. The smallest absolute Gasteiger partial charge is 0.195 e. The number of carbonyl (C=O) groups is 1. The number of hydrogen-bond acceptors (Lipinski definition) is 5. The number of ketones is 1. The molecule has 148 valence electrons. The van der Waals surface area contributed by atoms with E-state index in [0.717, 1.165) is 5.75 Å². The van der Waals surface area contributed by atoms with Crippen molar-refractivity contribution < 1.29 is 14.3 Å². The number of benzene rings is 4. The first-order chi connectivity index (χ1) is 14.6. The monoisotopic (exact) mass is 396 g/mol. The topological polar surface area (TPSA) is 87.6 Å². The van der Waals surface area contributed by atoms with Gasteiger partial charge in [0.05, 0.1) is 16.9 Å². The number of hydrogen-bond donors (Lipinski definition) is 2. The lowest BCUT2D eigenvalue weighted by atomic mass is 10.0. The van der Waals surface area contributed by atoms with Crippen LogP contribution >= 0.6 is 0 Å². The number of nitrogen functional groups attached to an aromatic ring is 2. The van der Waals surface area contributed by atoms with Crippen molar-refractivity contribution in [3.63, 3.8) is 0 Å². The number of para-hydroxylation sites is 2. The Morgan fingerprint density at radius 2 is 1.10 bits per heavy atom. The highest BCUT2D eigenvalue weighted by atomic mass is 16.5. The van der Waals surface area contributed by atoms with Crippen molar-refractivity contribution in [1.29, 1.82) is 0 Å². The van der Waals surface area contributed by atoms with Crippen molar-refractivity contribution >= 4 is 17.2 Å². The molecule has 0 aliphatic heterocycles. The van der Waals surface area contributed by atoms with E-state index < -0.39 is 0 Å². The molecule has 0 amide bonds. The first-order valence-electron chi connectivity index (χ1n) is 9.40. The number of carbonyl (C=O) groups excluding carboxylic acids is 1. The van der Waals surface area contributed by atoms with Crippen molar-refractivity contribution in [2.24, 2.45) is 0 Å². The Kier molecular flexibility index (Phi) is 5.35. The van der Waals surface area contributed by atoms with Gasteiger partial charge >= 0.3 is 0 Å². The van der Waals surface area contributed by atoms with Crippen LogP contribution in [0.1, 0.15) is 15.9 Å². The summed E-state index contributed by atoms with van der Waals surface area (Å²) in [7, 11) is 0. The molecule has 0 aliphatic rings. The van der Waals surface area contributed by atoms with E-state index in [2.05, 4.69) is 0 Å². The van der Waals surface area contributed by atoms with Gasteiger partial charge in [-0.3, -0.25) is 4.79 Å². The highest BCUT2D eigenvalue weighted by Crippen LogP contribution is 2.32. The maximum atomic E-state index is 13.1. The normalized spacial score (nSPS) is 10.4. The lowest BCUT2D eigenvalue weighted by molar-refractivity contribution is 0.103. The average molecular weight is 396 g/mol. The Hall–Kier alpha value is -4.25. The summed E-state index contributed by atoms with van der Waals surface area (Å²) in [5, 5.41) is 0. The minimum absolute atomic E-state index is 0.227. The largest absolute Gasteiger partial charge is 0.457 e. The van der Waals surface area contributed by atoms with Gasteiger partial charge in [0.15, 0.2) is 5.78 Å². The van der Waals surface area contributed by atoms with Crippen LogP contribution in [0.15, 0.2) is 97.1 Å². The molecule has 4 aromatic rings. The zero-order valence-electron chi connectivity index (χ0n) is 16.1. The van der Waals surface area contributed by atoms with Gasteiger partial charge in [-0.05, 0) is 54.6 Å². The molecule has 0 atom stereocenters. The number of anilines is 2. The minimum Gasteiger partial charge on any atom is -0.457 e. The molecule has 0 unspecified atom stereocenters. The third kappa shape index (κ3) is 4.25. The average Bonchev–Trinajstić information content (AvgIpc) is 2.78. The van der Waals surface area contributed by atoms with Crippen LogP contribution in [0.3, 0.4) is 0 Å². The van der Waals surface area contributed by atoms with Crippen LogP contribution in [0.4, 0.5) is 11.4 Å². The fourth-order valence-corrected chi connectivity index (χ4v) is 2.97. The zero-order valence-corrected chi connectivity index (χ0v) is 16.1. The van der Waals surface area contributed by atoms with Gasteiger partial charge < -0.3 is 20.9 Å². The molecule has 0 fully saturated rings. The van der Waals surface area contributed by atoms with Gasteiger partial charge in [-0.2, -0.15) is 0 Å². The lowest BCUT2D eigenvalue weighted by Gasteiger charge is -2.12. The fourth-order valence-electron chi connectivity index (χ4n) is 2.97. The molecule has 4 rings (SSSR count). The summed E-state index contributed by atoms with van der Waals surface area (Å²) in [5.41, 5.74) is 13.4. The van der Waals surface area contributed by atoms with Crippen molar-refractivity contribution in [2.75, 3.05) is 11.5 Å². The Balaban J connectivity index is 1.57. The van der Waals surface area contributed by atoms with E-state index in [0.29, 0.717) is 22.8 Å². The Morgan fingerprint density at radius 3 is 1.67 bits per heavy atom. The van der Waals surface area contributed by atoms with Crippen LogP contribution in [0.5, 0.6) is 23.0 Å². The molecule has 0 saturated carbocycles. The lowest BCUT2D eigenvalue weighted by Crippen LogP contribution is -2.08. The van der Waals surface area contributed by atoms with Gasteiger partial charge in [-0.15, -0.1) is 0 Å². The summed E-state index contributed by atoms with van der Waals surface area (Å²) in [6.45, 7) is 0. The third-order valence-corrected chi connectivity index (χ3v) is 4.50. The summed E-state index contributed by atoms with van der Waals surface area (Å²) in [4.78, 5) is 13.1. The molecule has 0 spiro atoms. The van der Waals surface area contributed by atoms with E-state index in [1.807, 2.05) is 60.7 Å². The van der Waals surface area contributed by atoms with E-state index in [1.54, 1.807) is 36.4 Å². The Morgan fingerprint density at radius 1 is 0.600 bits per heavy atom. The quantitative estimate of drug-likeness (QED) is 0.324. The van der Waals surface area contributed by atoms with Crippen LogP contribution in [-0.4, -0.2) is 5.78 Å². The van der Waals surface area contributed by atoms with Crippen molar-refractivity contribution in [2.45, 2.75) is 0 Å². The number of rotatable bonds is 6. The summed E-state index contributed by atoms with van der Waals surface area (Å²) in [6.07, 6.45) is 0. The summed E-state index contributed by atoms with van der Waals surface area (Å²) < 4.78 is 11.6. The number of ether oxygens (including phenoxy) is 2. The van der Waals surface area contributed by atoms with Crippen LogP contribution in [0.2, 0.25) is 0 Å². The van der Waals surface area contributed by atoms with Gasteiger partial charge in [0.25, 0.3) is 0 Å².